The van der Waals surface area contributed by atoms with E-state index in [0.717, 1.165) is 6.42 Å². The number of aromatic nitrogens is 3. The van der Waals surface area contributed by atoms with Crippen LogP contribution in [0.5, 0.6) is 0 Å². The molecule has 0 aromatic carbocycles. The summed E-state index contributed by atoms with van der Waals surface area (Å²) in [7, 11) is 0. The van der Waals surface area contributed by atoms with Gasteiger partial charge in [-0.2, -0.15) is 0 Å². The van der Waals surface area contributed by atoms with Crippen molar-refractivity contribution in [3.8, 4) is 0 Å². The van der Waals surface area contributed by atoms with Crippen LogP contribution in [0.4, 0.5) is 0 Å². The van der Waals surface area contributed by atoms with Crippen molar-refractivity contribution in [2.24, 2.45) is 5.92 Å². The average Bonchev–Trinajstić information content (AvgIpc) is 2.33. The lowest BCUT2D eigenvalue weighted by Crippen LogP contribution is -2.09. The molecule has 3 nitrogen and oxygen atoms in total. The minimum atomic E-state index is 0.418. The van der Waals surface area contributed by atoms with Gasteiger partial charge in [-0.05, 0) is 26.2 Å². The van der Waals surface area contributed by atoms with E-state index in [-0.39, 0.29) is 0 Å². The summed E-state index contributed by atoms with van der Waals surface area (Å²) in [4.78, 5) is 0. The first-order valence-electron chi connectivity index (χ1n) is 4.50. The van der Waals surface area contributed by atoms with Crippen molar-refractivity contribution in [1.29, 1.82) is 0 Å². The van der Waals surface area contributed by atoms with Gasteiger partial charge in [-0.3, -0.25) is 0 Å². The Morgan fingerprint density at radius 3 is 2.50 bits per heavy atom. The average molecular weight is 167 g/mol. The smallest absolute Gasteiger partial charge is 0.0725 e. The highest BCUT2D eigenvalue weighted by Gasteiger charge is 2.07. The Bertz CT molecular complexity index is 238. The zero-order valence-electron chi connectivity index (χ0n) is 8.28. The molecule has 1 aromatic rings. The summed E-state index contributed by atoms with van der Waals surface area (Å²) in [5.74, 6) is 0.668. The molecule has 0 N–H and O–H groups in total. The van der Waals surface area contributed by atoms with Gasteiger partial charge >= 0.3 is 0 Å². The van der Waals surface area contributed by atoms with Gasteiger partial charge in [0.25, 0.3) is 0 Å². The van der Waals surface area contributed by atoms with E-state index in [1.54, 1.807) is 0 Å². The van der Waals surface area contributed by atoms with Crippen molar-refractivity contribution in [2.75, 3.05) is 0 Å². The van der Waals surface area contributed by atoms with E-state index < -0.39 is 0 Å². The molecule has 1 aromatic heterocycles. The maximum absolute atomic E-state index is 4.04. The predicted molar refractivity (Wildman–Crippen MR) is 48.9 cm³/mol. The molecule has 0 saturated carbocycles. The molecule has 0 unspecified atom stereocenters. The van der Waals surface area contributed by atoms with Crippen LogP contribution in [0.2, 0.25) is 0 Å². The Labute approximate surface area is 73.8 Å². The zero-order valence-corrected chi connectivity index (χ0v) is 8.28. The van der Waals surface area contributed by atoms with Crippen LogP contribution < -0.4 is 0 Å². The fourth-order valence-corrected chi connectivity index (χ4v) is 1.26. The van der Waals surface area contributed by atoms with Crippen LogP contribution in [0.1, 0.15) is 39.4 Å². The van der Waals surface area contributed by atoms with E-state index in [0.29, 0.717) is 12.0 Å². The molecule has 1 heterocycles. The van der Waals surface area contributed by atoms with Crippen LogP contribution in [0, 0.1) is 5.92 Å². The first kappa shape index (κ1) is 9.23. The molecule has 0 aliphatic heterocycles. The summed E-state index contributed by atoms with van der Waals surface area (Å²) in [6.45, 7) is 8.66. The van der Waals surface area contributed by atoms with Crippen molar-refractivity contribution in [3.63, 3.8) is 0 Å². The Hall–Kier alpha value is -0.860. The molecule has 0 atom stereocenters. The summed E-state index contributed by atoms with van der Waals surface area (Å²) in [5.41, 5.74) is 1.24. The molecular formula is C9H17N3. The molecule has 0 saturated heterocycles. The van der Waals surface area contributed by atoms with Gasteiger partial charge in [0.2, 0.25) is 0 Å². The van der Waals surface area contributed by atoms with Crippen molar-refractivity contribution in [2.45, 2.75) is 40.2 Å². The van der Waals surface area contributed by atoms with E-state index >= 15 is 0 Å². The van der Waals surface area contributed by atoms with Gasteiger partial charge in [0.1, 0.15) is 0 Å². The highest BCUT2D eigenvalue weighted by Crippen LogP contribution is 2.10. The van der Waals surface area contributed by atoms with Crippen molar-refractivity contribution < 1.29 is 0 Å². The largest absolute Gasteiger partial charge is 0.247 e. The molecule has 3 heteroatoms. The van der Waals surface area contributed by atoms with Gasteiger partial charge in [-0.1, -0.05) is 19.1 Å². The van der Waals surface area contributed by atoms with E-state index in [1.807, 2.05) is 10.9 Å². The van der Waals surface area contributed by atoms with E-state index in [4.69, 9.17) is 0 Å². The highest BCUT2D eigenvalue weighted by atomic mass is 15.4. The van der Waals surface area contributed by atoms with Gasteiger partial charge in [-0.15, -0.1) is 5.10 Å². The van der Waals surface area contributed by atoms with Crippen LogP contribution in [0.15, 0.2) is 6.20 Å². The topological polar surface area (TPSA) is 30.7 Å². The SMILES string of the molecule is CC(C)Cc1cnnn1C(C)C. The maximum Gasteiger partial charge on any atom is 0.0725 e. The second kappa shape index (κ2) is 3.70. The van der Waals surface area contributed by atoms with Gasteiger partial charge in [0.15, 0.2) is 0 Å². The van der Waals surface area contributed by atoms with Crippen LogP contribution in [0.25, 0.3) is 0 Å². The van der Waals surface area contributed by atoms with Gasteiger partial charge < -0.3 is 0 Å². The molecule has 68 valence electrons. The summed E-state index contributed by atoms with van der Waals surface area (Å²) < 4.78 is 1.99. The second-order valence-corrected chi connectivity index (χ2v) is 3.86. The van der Waals surface area contributed by atoms with Crippen molar-refractivity contribution in [1.82, 2.24) is 15.0 Å². The lowest BCUT2D eigenvalue weighted by Gasteiger charge is -2.10. The molecule has 0 aliphatic carbocycles. The lowest BCUT2D eigenvalue weighted by molar-refractivity contribution is 0.477. The third-order valence-electron chi connectivity index (χ3n) is 1.76. The lowest BCUT2D eigenvalue weighted by atomic mass is 10.1. The summed E-state index contributed by atoms with van der Waals surface area (Å²) in [5, 5.41) is 7.94. The van der Waals surface area contributed by atoms with Crippen molar-refractivity contribution in [3.05, 3.63) is 11.9 Å². The third-order valence-corrected chi connectivity index (χ3v) is 1.76. The molecule has 12 heavy (non-hydrogen) atoms. The Kier molecular flexibility index (Phi) is 2.84. The normalized spacial score (nSPS) is 11.5. The minimum absolute atomic E-state index is 0.418. The van der Waals surface area contributed by atoms with Gasteiger partial charge in [-0.25, -0.2) is 4.68 Å². The quantitative estimate of drug-likeness (QED) is 0.690. The maximum atomic E-state index is 4.04. The van der Waals surface area contributed by atoms with Gasteiger partial charge in [0.05, 0.1) is 11.9 Å². The molecule has 0 bridgehead atoms. The molecule has 0 radical (unpaired) electrons. The van der Waals surface area contributed by atoms with Crippen LogP contribution >= 0.6 is 0 Å². The second-order valence-electron chi connectivity index (χ2n) is 3.86. The first-order chi connectivity index (χ1) is 5.61. The number of hydrogen-bond donors (Lipinski definition) is 0. The third kappa shape index (κ3) is 2.06. The van der Waals surface area contributed by atoms with Crippen molar-refractivity contribution >= 4 is 0 Å². The predicted octanol–water partition coefficient (Wildman–Crippen LogP) is 2.06. The number of nitrogens with zero attached hydrogens (tertiary/aromatic N) is 3. The zero-order chi connectivity index (χ0) is 9.14. The Morgan fingerprint density at radius 2 is 2.00 bits per heavy atom. The number of rotatable bonds is 3. The molecule has 1 rings (SSSR count). The van der Waals surface area contributed by atoms with Gasteiger partial charge in [0, 0.05) is 6.04 Å². The number of hydrogen-bond acceptors (Lipinski definition) is 2. The van der Waals surface area contributed by atoms with E-state index in [2.05, 4.69) is 38.0 Å². The Morgan fingerprint density at radius 1 is 1.33 bits per heavy atom. The minimum Gasteiger partial charge on any atom is -0.247 e. The van der Waals surface area contributed by atoms with E-state index in [1.165, 1.54) is 5.69 Å². The first-order valence-corrected chi connectivity index (χ1v) is 4.50. The Balaban J connectivity index is 2.77. The fourth-order valence-electron chi connectivity index (χ4n) is 1.26. The molecule has 0 aliphatic rings. The van der Waals surface area contributed by atoms with Crippen LogP contribution in [-0.2, 0) is 6.42 Å². The molecule has 0 amide bonds. The summed E-state index contributed by atoms with van der Waals surface area (Å²) in [6.07, 6.45) is 2.92. The van der Waals surface area contributed by atoms with Crippen LogP contribution in [0.3, 0.4) is 0 Å². The molecule has 0 fully saturated rings. The highest BCUT2D eigenvalue weighted by molar-refractivity contribution is 4.96. The summed E-state index contributed by atoms with van der Waals surface area (Å²) in [6, 6.07) is 0.418. The summed E-state index contributed by atoms with van der Waals surface area (Å²) >= 11 is 0. The molecular weight excluding hydrogens is 150 g/mol. The fraction of sp³-hybridized carbons (Fsp3) is 0.778. The standard InChI is InChI=1S/C9H17N3/c1-7(2)5-9-6-10-11-12(9)8(3)4/h6-8H,5H2,1-4H3. The monoisotopic (exact) mass is 167 g/mol. The van der Waals surface area contributed by atoms with Crippen LogP contribution in [-0.4, -0.2) is 15.0 Å². The molecule has 0 spiro atoms. The van der Waals surface area contributed by atoms with E-state index in [9.17, 15) is 0 Å².